The third-order valence-corrected chi connectivity index (χ3v) is 3.50. The molecule has 0 aromatic carbocycles. The van der Waals surface area contributed by atoms with Crippen LogP contribution in [-0.4, -0.2) is 50.3 Å². The monoisotopic (exact) mass is 256 g/mol. The van der Waals surface area contributed by atoms with Gasteiger partial charge in [0.1, 0.15) is 0 Å². The number of hydrogen-bond donors (Lipinski definition) is 1. The Bertz CT molecular complexity index is 205. The van der Waals surface area contributed by atoms with E-state index >= 15 is 0 Å². The fourth-order valence-corrected chi connectivity index (χ4v) is 2.16. The van der Waals surface area contributed by atoms with Gasteiger partial charge in [-0.15, -0.1) is 0 Å². The summed E-state index contributed by atoms with van der Waals surface area (Å²) < 4.78 is 6.01. The first-order chi connectivity index (χ1) is 8.63. The van der Waals surface area contributed by atoms with Crippen molar-refractivity contribution < 1.29 is 4.74 Å². The fourth-order valence-electron chi connectivity index (χ4n) is 2.16. The molecule has 1 rings (SSSR count). The van der Waals surface area contributed by atoms with E-state index in [0.717, 1.165) is 38.7 Å². The molecule has 0 aliphatic heterocycles. The number of ether oxygens (including phenoxy) is 1. The molecule has 1 aliphatic rings. The van der Waals surface area contributed by atoms with E-state index in [2.05, 4.69) is 38.0 Å². The molecule has 1 atom stereocenters. The molecule has 1 aliphatic carbocycles. The highest BCUT2D eigenvalue weighted by Gasteiger charge is 2.25. The molecule has 1 unspecified atom stereocenters. The Morgan fingerprint density at radius 3 is 2.56 bits per heavy atom. The van der Waals surface area contributed by atoms with Gasteiger partial charge in [-0.3, -0.25) is 0 Å². The smallest absolute Gasteiger partial charge is 0.0700 e. The van der Waals surface area contributed by atoms with Crippen LogP contribution in [-0.2, 0) is 4.74 Å². The molecule has 3 heteroatoms. The highest BCUT2D eigenvalue weighted by atomic mass is 16.5. The minimum absolute atomic E-state index is 0.390. The number of likely N-dealkylation sites (N-methyl/N-ethyl adjacent to an activating group) is 1. The average molecular weight is 256 g/mol. The van der Waals surface area contributed by atoms with Crippen molar-refractivity contribution in [2.24, 2.45) is 5.92 Å². The topological polar surface area (TPSA) is 24.5 Å². The molecule has 18 heavy (non-hydrogen) atoms. The van der Waals surface area contributed by atoms with Crippen molar-refractivity contribution in [1.82, 2.24) is 10.2 Å². The van der Waals surface area contributed by atoms with Crippen molar-refractivity contribution >= 4 is 0 Å². The van der Waals surface area contributed by atoms with Crippen LogP contribution in [0.3, 0.4) is 0 Å². The van der Waals surface area contributed by atoms with Gasteiger partial charge in [0.05, 0.1) is 12.7 Å². The average Bonchev–Trinajstić information content (AvgIpc) is 3.12. The summed E-state index contributed by atoms with van der Waals surface area (Å²) in [5, 5.41) is 3.50. The molecule has 0 heterocycles. The van der Waals surface area contributed by atoms with E-state index in [1.165, 1.54) is 19.3 Å². The first-order valence-corrected chi connectivity index (χ1v) is 7.66. The number of nitrogens with one attached hydrogen (secondary N) is 1. The molecule has 0 radical (unpaired) electrons. The third kappa shape index (κ3) is 7.34. The van der Waals surface area contributed by atoms with Gasteiger partial charge in [-0.25, -0.2) is 0 Å². The quantitative estimate of drug-likeness (QED) is 0.615. The summed E-state index contributed by atoms with van der Waals surface area (Å²) >= 11 is 0. The van der Waals surface area contributed by atoms with Crippen LogP contribution in [0.1, 0.15) is 46.5 Å². The van der Waals surface area contributed by atoms with Crippen molar-refractivity contribution in [3.05, 3.63) is 0 Å². The third-order valence-electron chi connectivity index (χ3n) is 3.50. The molecular weight excluding hydrogens is 224 g/mol. The Balaban J connectivity index is 2.07. The van der Waals surface area contributed by atoms with E-state index in [0.29, 0.717) is 12.0 Å². The van der Waals surface area contributed by atoms with Gasteiger partial charge in [-0.2, -0.15) is 0 Å². The van der Waals surface area contributed by atoms with Crippen LogP contribution in [0.2, 0.25) is 0 Å². The summed E-state index contributed by atoms with van der Waals surface area (Å²) in [5.74, 6) is 0.716. The molecule has 1 N–H and O–H groups in total. The summed E-state index contributed by atoms with van der Waals surface area (Å²) in [7, 11) is 2.22. The van der Waals surface area contributed by atoms with Crippen molar-refractivity contribution in [2.45, 2.75) is 58.6 Å². The van der Waals surface area contributed by atoms with Gasteiger partial charge in [0, 0.05) is 19.1 Å². The lowest BCUT2D eigenvalue weighted by molar-refractivity contribution is 0.0345. The molecule has 0 saturated heterocycles. The highest BCUT2D eigenvalue weighted by molar-refractivity contribution is 4.82. The van der Waals surface area contributed by atoms with E-state index in [-0.39, 0.29) is 0 Å². The first-order valence-electron chi connectivity index (χ1n) is 7.66. The lowest BCUT2D eigenvalue weighted by atomic mass is 10.2. The van der Waals surface area contributed by atoms with Crippen molar-refractivity contribution in [3.8, 4) is 0 Å². The minimum Gasteiger partial charge on any atom is -0.376 e. The van der Waals surface area contributed by atoms with Crippen molar-refractivity contribution in [1.29, 1.82) is 0 Å². The Labute approximate surface area is 113 Å². The number of hydrogen-bond acceptors (Lipinski definition) is 3. The van der Waals surface area contributed by atoms with Crippen LogP contribution in [0.4, 0.5) is 0 Å². The van der Waals surface area contributed by atoms with Gasteiger partial charge in [-0.05, 0) is 38.8 Å². The zero-order chi connectivity index (χ0) is 13.4. The van der Waals surface area contributed by atoms with Crippen LogP contribution in [0.25, 0.3) is 0 Å². The van der Waals surface area contributed by atoms with Gasteiger partial charge in [0.25, 0.3) is 0 Å². The molecule has 0 amide bonds. The zero-order valence-electron chi connectivity index (χ0n) is 12.7. The van der Waals surface area contributed by atoms with E-state index in [1.807, 2.05) is 0 Å². The van der Waals surface area contributed by atoms with Crippen LogP contribution in [0.15, 0.2) is 0 Å². The van der Waals surface area contributed by atoms with Crippen LogP contribution in [0, 0.1) is 5.92 Å². The second-order valence-corrected chi connectivity index (χ2v) is 6.05. The molecular formula is C15H32N2O. The molecule has 1 fully saturated rings. The van der Waals surface area contributed by atoms with Gasteiger partial charge in [-0.1, -0.05) is 27.2 Å². The number of nitrogens with zero attached hydrogens (tertiary/aromatic N) is 1. The summed E-state index contributed by atoms with van der Waals surface area (Å²) in [4.78, 5) is 2.44. The second-order valence-electron chi connectivity index (χ2n) is 6.05. The van der Waals surface area contributed by atoms with E-state index in [9.17, 15) is 0 Å². The molecule has 1 saturated carbocycles. The molecule has 3 nitrogen and oxygen atoms in total. The highest BCUT2D eigenvalue weighted by Crippen LogP contribution is 2.24. The molecule has 0 aromatic heterocycles. The summed E-state index contributed by atoms with van der Waals surface area (Å²) in [5.41, 5.74) is 0. The minimum atomic E-state index is 0.390. The van der Waals surface area contributed by atoms with E-state index < -0.39 is 0 Å². The van der Waals surface area contributed by atoms with Crippen LogP contribution < -0.4 is 5.32 Å². The Morgan fingerprint density at radius 1 is 1.28 bits per heavy atom. The normalized spacial score (nSPS) is 17.7. The maximum Gasteiger partial charge on any atom is 0.0700 e. The fraction of sp³-hybridized carbons (Fsp3) is 1.00. The zero-order valence-corrected chi connectivity index (χ0v) is 12.7. The second kappa shape index (κ2) is 8.89. The Morgan fingerprint density at radius 2 is 2.00 bits per heavy atom. The SMILES string of the molecule is CCCC(CNCC(C)C)OCCN(C)C1CC1. The van der Waals surface area contributed by atoms with Gasteiger partial charge >= 0.3 is 0 Å². The maximum absolute atomic E-state index is 6.01. The molecule has 0 aromatic rings. The van der Waals surface area contributed by atoms with Gasteiger partial charge in [0.2, 0.25) is 0 Å². The largest absolute Gasteiger partial charge is 0.376 e. The van der Waals surface area contributed by atoms with Crippen LogP contribution >= 0.6 is 0 Å². The van der Waals surface area contributed by atoms with Crippen LogP contribution in [0.5, 0.6) is 0 Å². The molecule has 0 bridgehead atoms. The number of rotatable bonds is 11. The van der Waals surface area contributed by atoms with E-state index in [1.54, 1.807) is 0 Å². The van der Waals surface area contributed by atoms with Gasteiger partial charge < -0.3 is 15.0 Å². The van der Waals surface area contributed by atoms with Crippen molar-refractivity contribution in [2.75, 3.05) is 33.3 Å². The molecule has 0 spiro atoms. The lowest BCUT2D eigenvalue weighted by Crippen LogP contribution is -2.34. The Kier molecular flexibility index (Phi) is 7.87. The van der Waals surface area contributed by atoms with E-state index in [4.69, 9.17) is 4.74 Å². The summed E-state index contributed by atoms with van der Waals surface area (Å²) in [6.45, 7) is 10.8. The predicted octanol–water partition coefficient (Wildman–Crippen LogP) is 2.51. The summed E-state index contributed by atoms with van der Waals surface area (Å²) in [6.07, 6.45) is 5.52. The summed E-state index contributed by atoms with van der Waals surface area (Å²) in [6, 6.07) is 0.845. The first kappa shape index (κ1) is 15.9. The molecule has 108 valence electrons. The van der Waals surface area contributed by atoms with Gasteiger partial charge in [0.15, 0.2) is 0 Å². The standard InChI is InChI=1S/C15H32N2O/c1-5-6-15(12-16-11-13(2)3)18-10-9-17(4)14-7-8-14/h13-16H,5-12H2,1-4H3. The van der Waals surface area contributed by atoms with Crippen molar-refractivity contribution in [3.63, 3.8) is 0 Å². The predicted molar refractivity (Wildman–Crippen MR) is 78.0 cm³/mol. The lowest BCUT2D eigenvalue weighted by Gasteiger charge is -2.21. The maximum atomic E-state index is 6.01. The Hall–Kier alpha value is -0.120.